The fraction of sp³-hybridized carbons (Fsp3) is 0.700. The van der Waals surface area contributed by atoms with Gasteiger partial charge in [0.25, 0.3) is 0 Å². The molecule has 1 amide bonds. The predicted octanol–water partition coefficient (Wildman–Crippen LogP) is 0.993. The molecule has 1 rings (SSSR count). The number of piperidine rings is 1. The van der Waals surface area contributed by atoms with E-state index < -0.39 is 0 Å². The van der Waals surface area contributed by atoms with Crippen molar-refractivity contribution in [3.05, 3.63) is 12.7 Å². The van der Waals surface area contributed by atoms with E-state index in [1.54, 1.807) is 11.0 Å². The van der Waals surface area contributed by atoms with Crippen LogP contribution >= 0.6 is 0 Å². The Morgan fingerprint density at radius 2 is 2.29 bits per heavy atom. The highest BCUT2D eigenvalue weighted by atomic mass is 16.6. The highest BCUT2D eigenvalue weighted by molar-refractivity contribution is 5.67. The normalized spacial score (nSPS) is 17.9. The zero-order valence-corrected chi connectivity index (χ0v) is 8.66. The summed E-state index contributed by atoms with van der Waals surface area (Å²) < 4.78 is 4.95. The Hall–Kier alpha value is -1.03. The van der Waals surface area contributed by atoms with Gasteiger partial charge in [0.2, 0.25) is 0 Å². The number of carbonyl (C=O) groups excluding carboxylic acids is 1. The molecule has 0 bridgehead atoms. The van der Waals surface area contributed by atoms with Crippen LogP contribution in [0, 0.1) is 0 Å². The summed E-state index contributed by atoms with van der Waals surface area (Å²) >= 11 is 0. The molecule has 0 aliphatic carbocycles. The summed E-state index contributed by atoms with van der Waals surface area (Å²) in [6.07, 6.45) is 3.36. The first-order valence-electron chi connectivity index (χ1n) is 4.97. The van der Waals surface area contributed by atoms with Gasteiger partial charge in [-0.05, 0) is 19.9 Å². The quantitative estimate of drug-likeness (QED) is 0.688. The molecule has 1 N–H and O–H groups in total. The molecule has 0 aromatic heterocycles. The Morgan fingerprint density at radius 1 is 1.64 bits per heavy atom. The monoisotopic (exact) mass is 198 g/mol. The van der Waals surface area contributed by atoms with Gasteiger partial charge in [-0.15, -0.1) is 0 Å². The number of rotatable bonds is 3. The van der Waals surface area contributed by atoms with Crippen molar-refractivity contribution in [2.24, 2.45) is 0 Å². The average Bonchev–Trinajstić information content (AvgIpc) is 2.26. The van der Waals surface area contributed by atoms with Crippen molar-refractivity contribution >= 4 is 6.09 Å². The van der Waals surface area contributed by atoms with Crippen molar-refractivity contribution < 1.29 is 9.53 Å². The number of carbonyl (C=O) groups is 1. The Bertz CT molecular complexity index is 198. The number of hydrogen-bond acceptors (Lipinski definition) is 3. The molecule has 1 aliphatic rings. The summed E-state index contributed by atoms with van der Waals surface area (Å²) in [5.74, 6) is 0. The first-order chi connectivity index (χ1) is 6.77. The van der Waals surface area contributed by atoms with Crippen LogP contribution in [-0.2, 0) is 4.74 Å². The lowest BCUT2D eigenvalue weighted by molar-refractivity contribution is 0.100. The summed E-state index contributed by atoms with van der Waals surface area (Å²) in [7, 11) is 1.95. The first-order valence-corrected chi connectivity index (χ1v) is 4.97. The zero-order chi connectivity index (χ0) is 10.4. The van der Waals surface area contributed by atoms with Gasteiger partial charge in [-0.2, -0.15) is 0 Å². The molecular weight excluding hydrogens is 180 g/mol. The lowest BCUT2D eigenvalue weighted by Gasteiger charge is -2.30. The molecule has 0 aromatic rings. The maximum atomic E-state index is 11.4. The number of amides is 1. The summed E-state index contributed by atoms with van der Waals surface area (Å²) in [6, 6.07) is 0.540. The SMILES string of the molecule is C=CCOC(=O)N1CCC(NC)CC1. The molecule has 0 radical (unpaired) electrons. The second kappa shape index (κ2) is 5.65. The Kier molecular flexibility index (Phi) is 4.46. The van der Waals surface area contributed by atoms with Crippen LogP contribution in [-0.4, -0.2) is 43.8 Å². The second-order valence-electron chi connectivity index (χ2n) is 3.42. The predicted molar refractivity (Wildman–Crippen MR) is 55.2 cm³/mol. The van der Waals surface area contributed by atoms with E-state index in [1.165, 1.54) is 0 Å². The highest BCUT2D eigenvalue weighted by Crippen LogP contribution is 2.10. The topological polar surface area (TPSA) is 41.6 Å². The Morgan fingerprint density at radius 3 is 2.79 bits per heavy atom. The van der Waals surface area contributed by atoms with Gasteiger partial charge >= 0.3 is 6.09 Å². The van der Waals surface area contributed by atoms with Crippen LogP contribution in [0.4, 0.5) is 4.79 Å². The third-order valence-corrected chi connectivity index (χ3v) is 2.49. The van der Waals surface area contributed by atoms with Crippen LogP contribution in [0.2, 0.25) is 0 Å². The zero-order valence-electron chi connectivity index (χ0n) is 8.66. The molecule has 4 heteroatoms. The highest BCUT2D eigenvalue weighted by Gasteiger charge is 2.22. The Labute approximate surface area is 84.9 Å². The molecule has 80 valence electrons. The molecular formula is C10H18N2O2. The fourth-order valence-corrected chi connectivity index (χ4v) is 1.57. The van der Waals surface area contributed by atoms with E-state index in [2.05, 4.69) is 11.9 Å². The molecule has 1 aliphatic heterocycles. The summed E-state index contributed by atoms with van der Waals surface area (Å²) in [4.78, 5) is 13.1. The van der Waals surface area contributed by atoms with Crippen LogP contribution in [0.25, 0.3) is 0 Å². The molecule has 0 atom stereocenters. The van der Waals surface area contributed by atoms with Crippen LogP contribution in [0.1, 0.15) is 12.8 Å². The molecule has 1 heterocycles. The van der Waals surface area contributed by atoms with E-state index in [9.17, 15) is 4.79 Å². The molecule has 1 fully saturated rings. The van der Waals surface area contributed by atoms with Gasteiger partial charge in [0.05, 0.1) is 0 Å². The lowest BCUT2D eigenvalue weighted by Crippen LogP contribution is -2.44. The van der Waals surface area contributed by atoms with Gasteiger partial charge in [-0.3, -0.25) is 0 Å². The van der Waals surface area contributed by atoms with Crippen LogP contribution in [0.5, 0.6) is 0 Å². The average molecular weight is 198 g/mol. The van der Waals surface area contributed by atoms with Gasteiger partial charge < -0.3 is 15.0 Å². The van der Waals surface area contributed by atoms with Gasteiger partial charge in [0.1, 0.15) is 6.61 Å². The third kappa shape index (κ3) is 3.03. The van der Waals surface area contributed by atoms with E-state index in [-0.39, 0.29) is 6.09 Å². The summed E-state index contributed by atoms with van der Waals surface area (Å²) in [5.41, 5.74) is 0. The van der Waals surface area contributed by atoms with E-state index >= 15 is 0 Å². The smallest absolute Gasteiger partial charge is 0.410 e. The molecule has 0 saturated carbocycles. The minimum atomic E-state index is -0.223. The summed E-state index contributed by atoms with van der Waals surface area (Å²) in [5, 5.41) is 3.21. The van der Waals surface area contributed by atoms with E-state index in [4.69, 9.17) is 4.74 Å². The van der Waals surface area contributed by atoms with Gasteiger partial charge in [0.15, 0.2) is 0 Å². The van der Waals surface area contributed by atoms with Crippen molar-refractivity contribution in [3.63, 3.8) is 0 Å². The standard InChI is InChI=1S/C10H18N2O2/c1-3-8-14-10(13)12-6-4-9(11-2)5-7-12/h3,9,11H,1,4-8H2,2H3. The number of nitrogens with zero attached hydrogens (tertiary/aromatic N) is 1. The van der Waals surface area contributed by atoms with E-state index in [1.807, 2.05) is 7.05 Å². The molecule has 14 heavy (non-hydrogen) atoms. The van der Waals surface area contributed by atoms with Crippen molar-refractivity contribution in [2.75, 3.05) is 26.7 Å². The lowest BCUT2D eigenvalue weighted by atomic mass is 10.1. The van der Waals surface area contributed by atoms with Gasteiger partial charge in [-0.1, -0.05) is 12.7 Å². The minimum Gasteiger partial charge on any atom is -0.445 e. The number of hydrogen-bond donors (Lipinski definition) is 1. The van der Waals surface area contributed by atoms with Crippen molar-refractivity contribution in [1.82, 2.24) is 10.2 Å². The van der Waals surface area contributed by atoms with Crippen molar-refractivity contribution in [2.45, 2.75) is 18.9 Å². The maximum absolute atomic E-state index is 11.4. The van der Waals surface area contributed by atoms with Crippen LogP contribution < -0.4 is 5.32 Å². The number of nitrogens with one attached hydrogen (secondary N) is 1. The van der Waals surface area contributed by atoms with Crippen molar-refractivity contribution in [3.8, 4) is 0 Å². The maximum Gasteiger partial charge on any atom is 0.410 e. The van der Waals surface area contributed by atoms with Gasteiger partial charge in [-0.25, -0.2) is 4.79 Å². The molecule has 0 spiro atoms. The first kappa shape index (κ1) is 11.0. The minimum absolute atomic E-state index is 0.223. The van der Waals surface area contributed by atoms with E-state index in [0.717, 1.165) is 25.9 Å². The largest absolute Gasteiger partial charge is 0.445 e. The fourth-order valence-electron chi connectivity index (χ4n) is 1.57. The third-order valence-electron chi connectivity index (χ3n) is 2.49. The van der Waals surface area contributed by atoms with Gasteiger partial charge in [0, 0.05) is 19.1 Å². The van der Waals surface area contributed by atoms with Crippen LogP contribution in [0.3, 0.4) is 0 Å². The molecule has 4 nitrogen and oxygen atoms in total. The second-order valence-corrected chi connectivity index (χ2v) is 3.42. The summed E-state index contributed by atoms with van der Waals surface area (Å²) in [6.45, 7) is 5.35. The molecule has 1 saturated heterocycles. The number of ether oxygens (including phenoxy) is 1. The van der Waals surface area contributed by atoms with E-state index in [0.29, 0.717) is 12.6 Å². The molecule has 0 aromatic carbocycles. The van der Waals surface area contributed by atoms with Crippen LogP contribution in [0.15, 0.2) is 12.7 Å². The Balaban J connectivity index is 2.26. The van der Waals surface area contributed by atoms with Crippen molar-refractivity contribution in [1.29, 1.82) is 0 Å². The molecule has 0 unspecified atom stereocenters. The number of likely N-dealkylation sites (tertiary alicyclic amines) is 1.